The van der Waals surface area contributed by atoms with Crippen molar-refractivity contribution in [3.63, 3.8) is 0 Å². The largest absolute Gasteiger partial charge is 0.497 e. The number of carbonyl (C=O) groups is 4. The number of rotatable bonds is 9. The van der Waals surface area contributed by atoms with Crippen molar-refractivity contribution < 1.29 is 28.3 Å². The molecule has 1 saturated carbocycles. The van der Waals surface area contributed by atoms with Crippen LogP contribution in [0.5, 0.6) is 5.75 Å². The van der Waals surface area contributed by atoms with Crippen LogP contribution in [0.3, 0.4) is 0 Å². The molecule has 0 spiro atoms. The Morgan fingerprint density at radius 2 is 1.76 bits per heavy atom. The number of nitrogens with one attached hydrogen (secondary N) is 3. The lowest BCUT2D eigenvalue weighted by molar-refractivity contribution is -0.129. The third kappa shape index (κ3) is 6.84. The van der Waals surface area contributed by atoms with Crippen molar-refractivity contribution in [3.05, 3.63) is 54.0 Å². The molecule has 1 aromatic heterocycles. The zero-order valence-electron chi connectivity index (χ0n) is 21.5. The summed E-state index contributed by atoms with van der Waals surface area (Å²) in [7, 11) is 1.56. The third-order valence-electron chi connectivity index (χ3n) is 7.13. The Labute approximate surface area is 221 Å². The highest BCUT2D eigenvalue weighted by Crippen LogP contribution is 2.23. The Balaban J connectivity index is 1.44. The van der Waals surface area contributed by atoms with Gasteiger partial charge in [-0.05, 0) is 49.1 Å². The van der Waals surface area contributed by atoms with Crippen molar-refractivity contribution in [1.29, 1.82) is 0 Å². The van der Waals surface area contributed by atoms with Gasteiger partial charge >= 0.3 is 6.03 Å². The van der Waals surface area contributed by atoms with Gasteiger partial charge in [-0.1, -0.05) is 31.4 Å². The maximum absolute atomic E-state index is 13.4. The number of furan rings is 1. The van der Waals surface area contributed by atoms with Crippen molar-refractivity contribution in [2.24, 2.45) is 5.73 Å². The second-order valence-corrected chi connectivity index (χ2v) is 9.85. The molecule has 11 nitrogen and oxygen atoms in total. The summed E-state index contributed by atoms with van der Waals surface area (Å²) in [6, 6.07) is 7.62. The molecule has 1 saturated heterocycles. The van der Waals surface area contributed by atoms with Gasteiger partial charge in [0.1, 0.15) is 17.8 Å². The van der Waals surface area contributed by atoms with E-state index in [2.05, 4.69) is 16.0 Å². The van der Waals surface area contributed by atoms with Crippen LogP contribution < -0.4 is 26.4 Å². The summed E-state index contributed by atoms with van der Waals surface area (Å²) in [5.74, 6) is -0.952. The number of carbonyl (C=O) groups excluding carboxylic acids is 4. The predicted octanol–water partition coefficient (Wildman–Crippen LogP) is 1.72. The molecule has 3 atom stereocenters. The molecule has 5 amide bonds. The topological polar surface area (TPSA) is 156 Å². The molecule has 2 fully saturated rings. The molecule has 5 N–H and O–H groups in total. The van der Waals surface area contributed by atoms with Gasteiger partial charge in [0, 0.05) is 19.0 Å². The number of methoxy groups -OCH3 is 1. The molecular formula is C27H35N5O6. The summed E-state index contributed by atoms with van der Waals surface area (Å²) in [6.45, 7) is 0.120. The Hall–Kier alpha value is -4.02. The third-order valence-corrected chi connectivity index (χ3v) is 7.13. The summed E-state index contributed by atoms with van der Waals surface area (Å²) >= 11 is 0. The number of ether oxygens (including phenoxy) is 1. The summed E-state index contributed by atoms with van der Waals surface area (Å²) < 4.78 is 10.4. The average Bonchev–Trinajstić information content (AvgIpc) is 3.59. The van der Waals surface area contributed by atoms with Crippen LogP contribution in [0.4, 0.5) is 4.79 Å². The van der Waals surface area contributed by atoms with Gasteiger partial charge in [0.2, 0.25) is 11.8 Å². The van der Waals surface area contributed by atoms with E-state index in [1.165, 1.54) is 23.7 Å². The van der Waals surface area contributed by atoms with Crippen LogP contribution in [-0.2, 0) is 16.0 Å². The normalized spacial score (nSPS) is 20.4. The number of amides is 5. The second-order valence-electron chi connectivity index (χ2n) is 9.85. The van der Waals surface area contributed by atoms with Crippen LogP contribution >= 0.6 is 0 Å². The van der Waals surface area contributed by atoms with E-state index in [1.54, 1.807) is 37.4 Å². The number of hydrogen-bond acceptors (Lipinski definition) is 6. The van der Waals surface area contributed by atoms with E-state index in [4.69, 9.17) is 14.9 Å². The van der Waals surface area contributed by atoms with E-state index in [0.717, 1.165) is 31.2 Å². The standard InChI is InChI=1S/C27H35N5O6/c1-37-20-11-9-17(10-12-20)14-21(24(28)33)31-25(34)22-15-19(16-32(22)26(35)23-8-5-13-38-23)30-27(36)29-18-6-3-2-4-7-18/h5,8-13,18-19,21-22H,2-4,6-7,14-16H2,1H3,(H2,28,33)(H,31,34)(H2,29,30,36)/t19-,21-,22-/m0/s1. The van der Waals surface area contributed by atoms with Crippen LogP contribution in [0.2, 0.25) is 0 Å². The first-order valence-corrected chi connectivity index (χ1v) is 13.0. The molecule has 2 aliphatic rings. The molecule has 0 unspecified atom stereocenters. The fraction of sp³-hybridized carbons (Fsp3) is 0.481. The monoisotopic (exact) mass is 525 g/mol. The highest BCUT2D eigenvalue weighted by molar-refractivity contribution is 5.97. The molecule has 1 aromatic carbocycles. The van der Waals surface area contributed by atoms with E-state index >= 15 is 0 Å². The Morgan fingerprint density at radius 1 is 1.05 bits per heavy atom. The molecular weight excluding hydrogens is 490 g/mol. The van der Waals surface area contributed by atoms with Gasteiger partial charge in [-0.3, -0.25) is 14.4 Å². The highest BCUT2D eigenvalue weighted by atomic mass is 16.5. The first-order valence-electron chi connectivity index (χ1n) is 13.0. The first kappa shape index (κ1) is 27.0. The van der Waals surface area contributed by atoms with Gasteiger partial charge in [0.05, 0.1) is 19.4 Å². The van der Waals surface area contributed by atoms with Gasteiger partial charge < -0.3 is 35.7 Å². The van der Waals surface area contributed by atoms with Crippen molar-refractivity contribution in [3.8, 4) is 5.75 Å². The summed E-state index contributed by atoms with van der Waals surface area (Å²) in [6.07, 6.45) is 6.96. The minimum atomic E-state index is -0.988. The SMILES string of the molecule is COc1ccc(C[C@H](NC(=O)[C@@H]2C[C@H](NC(=O)NC3CCCCC3)CN2C(=O)c2ccco2)C(N)=O)cc1. The molecule has 2 aromatic rings. The van der Waals surface area contributed by atoms with Gasteiger partial charge in [-0.2, -0.15) is 0 Å². The lowest BCUT2D eigenvalue weighted by atomic mass is 9.96. The molecule has 11 heteroatoms. The van der Waals surface area contributed by atoms with Gasteiger partial charge in [0.25, 0.3) is 5.91 Å². The minimum Gasteiger partial charge on any atom is -0.497 e. The highest BCUT2D eigenvalue weighted by Gasteiger charge is 2.42. The fourth-order valence-corrected chi connectivity index (χ4v) is 5.10. The van der Waals surface area contributed by atoms with E-state index in [0.29, 0.717) is 5.75 Å². The van der Waals surface area contributed by atoms with Crippen LogP contribution in [0.25, 0.3) is 0 Å². The molecule has 2 heterocycles. The Bertz CT molecular complexity index is 1110. The number of urea groups is 1. The number of nitrogens with zero attached hydrogens (tertiary/aromatic N) is 1. The average molecular weight is 526 g/mol. The lowest BCUT2D eigenvalue weighted by Crippen LogP contribution is -2.53. The summed E-state index contributed by atoms with van der Waals surface area (Å²) in [5, 5.41) is 8.62. The lowest BCUT2D eigenvalue weighted by Gasteiger charge is -2.25. The molecule has 38 heavy (non-hydrogen) atoms. The van der Waals surface area contributed by atoms with Crippen molar-refractivity contribution in [2.45, 2.75) is 69.1 Å². The number of likely N-dealkylation sites (tertiary alicyclic amines) is 1. The molecule has 4 rings (SSSR count). The number of hydrogen-bond donors (Lipinski definition) is 4. The van der Waals surface area contributed by atoms with Gasteiger partial charge in [0.15, 0.2) is 5.76 Å². The number of nitrogens with two attached hydrogens (primary N) is 1. The van der Waals surface area contributed by atoms with Crippen LogP contribution in [-0.4, -0.2) is 66.5 Å². The maximum atomic E-state index is 13.4. The summed E-state index contributed by atoms with van der Waals surface area (Å²) in [4.78, 5) is 52.8. The minimum absolute atomic E-state index is 0.0831. The van der Waals surface area contributed by atoms with Crippen molar-refractivity contribution in [1.82, 2.24) is 20.9 Å². The Morgan fingerprint density at radius 3 is 2.39 bits per heavy atom. The van der Waals surface area contributed by atoms with E-state index in [1.807, 2.05) is 0 Å². The first-order chi connectivity index (χ1) is 18.3. The van der Waals surface area contributed by atoms with Gasteiger partial charge in [-0.25, -0.2) is 4.79 Å². The fourth-order valence-electron chi connectivity index (χ4n) is 5.10. The molecule has 0 bridgehead atoms. The van der Waals surface area contributed by atoms with Crippen LogP contribution in [0.1, 0.15) is 54.6 Å². The number of primary amides is 1. The predicted molar refractivity (Wildman–Crippen MR) is 138 cm³/mol. The van der Waals surface area contributed by atoms with Crippen molar-refractivity contribution >= 4 is 23.8 Å². The van der Waals surface area contributed by atoms with Crippen LogP contribution in [0, 0.1) is 0 Å². The molecule has 0 radical (unpaired) electrons. The van der Waals surface area contributed by atoms with Crippen molar-refractivity contribution in [2.75, 3.05) is 13.7 Å². The second kappa shape index (κ2) is 12.5. The molecule has 1 aliphatic heterocycles. The molecule has 204 valence electrons. The zero-order chi connectivity index (χ0) is 27.1. The smallest absolute Gasteiger partial charge is 0.315 e. The van der Waals surface area contributed by atoms with Gasteiger partial charge in [-0.15, -0.1) is 0 Å². The van der Waals surface area contributed by atoms with E-state index < -0.39 is 35.8 Å². The maximum Gasteiger partial charge on any atom is 0.315 e. The Kier molecular flexibility index (Phi) is 8.88. The van der Waals surface area contributed by atoms with E-state index in [9.17, 15) is 19.2 Å². The van der Waals surface area contributed by atoms with Crippen LogP contribution in [0.15, 0.2) is 47.1 Å². The zero-order valence-corrected chi connectivity index (χ0v) is 21.5. The summed E-state index contributed by atoms with van der Waals surface area (Å²) in [5.41, 5.74) is 6.38. The molecule has 1 aliphatic carbocycles. The number of benzene rings is 1. The quantitative estimate of drug-likeness (QED) is 0.391. The van der Waals surface area contributed by atoms with E-state index in [-0.39, 0.29) is 37.2 Å².